The Bertz CT molecular complexity index is 579. The Morgan fingerprint density at radius 3 is 2.72 bits per heavy atom. The molecule has 88 valence electrons. The number of anilines is 1. The molecule has 1 aromatic carbocycles. The quantitative estimate of drug-likeness (QED) is 0.483. The van der Waals surface area contributed by atoms with Crippen molar-refractivity contribution in [3.05, 3.63) is 54.0 Å². The van der Waals surface area contributed by atoms with Crippen molar-refractivity contribution in [1.82, 2.24) is 5.32 Å². The average molecular weight is 254 g/mol. The van der Waals surface area contributed by atoms with E-state index in [1.807, 2.05) is 30.3 Å². The van der Waals surface area contributed by atoms with Crippen molar-refractivity contribution in [2.75, 3.05) is 5.32 Å². The molecule has 1 aliphatic heterocycles. The van der Waals surface area contributed by atoms with Crippen LogP contribution in [-0.4, -0.2) is 11.2 Å². The number of benzene rings is 1. The topological polar surface area (TPSA) is 60.2 Å². The molecule has 0 aliphatic carbocycles. The van der Waals surface area contributed by atoms with E-state index in [9.17, 15) is 0 Å². The molecule has 0 spiro atoms. The summed E-state index contributed by atoms with van der Waals surface area (Å²) >= 11 is 5.21. The lowest BCUT2D eigenvalue weighted by molar-refractivity contribution is 1.01. The standard InChI is InChI=1S/C13H10N4S/c14-9-11(12-15-7-4-8-16-12)13(18)17-10-5-2-1-3-6-10/h1-8,15H,(H,17,18)/b12-11+. The van der Waals surface area contributed by atoms with Crippen molar-refractivity contribution in [2.45, 2.75) is 0 Å². The fourth-order valence-corrected chi connectivity index (χ4v) is 1.65. The van der Waals surface area contributed by atoms with Gasteiger partial charge in [0.2, 0.25) is 0 Å². The largest absolute Gasteiger partial charge is 0.345 e. The summed E-state index contributed by atoms with van der Waals surface area (Å²) in [5.74, 6) is 0.452. The maximum Gasteiger partial charge on any atom is 0.150 e. The first-order valence-corrected chi connectivity index (χ1v) is 5.68. The molecule has 0 atom stereocenters. The number of allylic oxidation sites excluding steroid dienone is 1. The second-order valence-corrected chi connectivity index (χ2v) is 3.85. The molecule has 0 bridgehead atoms. The maximum atomic E-state index is 9.15. The Morgan fingerprint density at radius 2 is 2.11 bits per heavy atom. The highest BCUT2D eigenvalue weighted by Crippen LogP contribution is 2.11. The molecule has 1 heterocycles. The Morgan fingerprint density at radius 1 is 1.33 bits per heavy atom. The molecule has 5 heteroatoms. The van der Waals surface area contributed by atoms with Gasteiger partial charge in [-0.1, -0.05) is 30.4 Å². The third-order valence-corrected chi connectivity index (χ3v) is 2.52. The van der Waals surface area contributed by atoms with E-state index < -0.39 is 0 Å². The smallest absolute Gasteiger partial charge is 0.150 e. The molecule has 0 amide bonds. The van der Waals surface area contributed by atoms with Gasteiger partial charge in [-0.25, -0.2) is 4.99 Å². The Labute approximate surface area is 110 Å². The third-order valence-electron chi connectivity index (χ3n) is 2.21. The van der Waals surface area contributed by atoms with Crippen LogP contribution in [0.1, 0.15) is 0 Å². The zero-order valence-electron chi connectivity index (χ0n) is 9.42. The normalized spacial score (nSPS) is 15.5. The number of thiocarbonyl (C=S) groups is 1. The van der Waals surface area contributed by atoms with E-state index >= 15 is 0 Å². The molecular formula is C13H10N4S. The summed E-state index contributed by atoms with van der Waals surface area (Å²) < 4.78 is 0. The van der Waals surface area contributed by atoms with Crippen LogP contribution < -0.4 is 10.6 Å². The lowest BCUT2D eigenvalue weighted by atomic mass is 10.2. The highest BCUT2D eigenvalue weighted by molar-refractivity contribution is 7.81. The van der Waals surface area contributed by atoms with Gasteiger partial charge in [-0.15, -0.1) is 0 Å². The zero-order chi connectivity index (χ0) is 12.8. The van der Waals surface area contributed by atoms with E-state index in [1.165, 1.54) is 0 Å². The van der Waals surface area contributed by atoms with Gasteiger partial charge in [0, 0.05) is 18.1 Å². The zero-order valence-corrected chi connectivity index (χ0v) is 10.2. The van der Waals surface area contributed by atoms with Crippen LogP contribution in [0.25, 0.3) is 0 Å². The number of aliphatic imine (C=N–C) groups is 1. The van der Waals surface area contributed by atoms with Crippen LogP contribution in [0.4, 0.5) is 5.69 Å². The fourth-order valence-electron chi connectivity index (χ4n) is 1.39. The number of hydrogen-bond donors (Lipinski definition) is 2. The van der Waals surface area contributed by atoms with Crippen molar-refractivity contribution >= 4 is 29.1 Å². The molecule has 1 aromatic rings. The monoisotopic (exact) mass is 254 g/mol. The molecule has 0 saturated heterocycles. The minimum absolute atomic E-state index is 0.314. The van der Waals surface area contributed by atoms with Crippen molar-refractivity contribution in [1.29, 1.82) is 5.26 Å². The summed E-state index contributed by atoms with van der Waals surface area (Å²) in [5, 5.41) is 15.0. The lowest BCUT2D eigenvalue weighted by Crippen LogP contribution is -2.18. The first kappa shape index (κ1) is 12.0. The van der Waals surface area contributed by atoms with Gasteiger partial charge in [-0.05, 0) is 18.2 Å². The molecule has 0 unspecified atom stereocenters. The van der Waals surface area contributed by atoms with Gasteiger partial charge < -0.3 is 10.6 Å². The minimum atomic E-state index is 0.314. The number of hydrogen-bond acceptors (Lipinski definition) is 4. The van der Waals surface area contributed by atoms with Crippen molar-refractivity contribution in [3.63, 3.8) is 0 Å². The molecular weight excluding hydrogens is 244 g/mol. The summed E-state index contributed by atoms with van der Waals surface area (Å²) in [6.07, 6.45) is 5.05. The van der Waals surface area contributed by atoms with E-state index in [1.54, 1.807) is 18.5 Å². The second kappa shape index (κ2) is 5.75. The van der Waals surface area contributed by atoms with Gasteiger partial charge in [0.15, 0.2) is 5.82 Å². The fraction of sp³-hybridized carbons (Fsp3) is 0. The number of nitrogens with one attached hydrogen (secondary N) is 2. The summed E-state index contributed by atoms with van der Waals surface area (Å²) in [6, 6.07) is 11.5. The summed E-state index contributed by atoms with van der Waals surface area (Å²) in [5.41, 5.74) is 1.15. The molecule has 0 fully saturated rings. The van der Waals surface area contributed by atoms with Crippen LogP contribution in [0.5, 0.6) is 0 Å². The van der Waals surface area contributed by atoms with E-state index in [0.717, 1.165) is 5.69 Å². The average Bonchev–Trinajstić information content (AvgIpc) is 2.42. The Balaban J connectivity index is 2.20. The van der Waals surface area contributed by atoms with Crippen LogP contribution in [-0.2, 0) is 0 Å². The molecule has 2 N–H and O–H groups in total. The van der Waals surface area contributed by atoms with Crippen LogP contribution in [0.15, 0.2) is 59.0 Å². The van der Waals surface area contributed by atoms with Gasteiger partial charge in [0.05, 0.1) is 0 Å². The van der Waals surface area contributed by atoms with Crippen LogP contribution in [0, 0.1) is 11.3 Å². The lowest BCUT2D eigenvalue weighted by Gasteiger charge is -2.10. The maximum absolute atomic E-state index is 9.15. The molecule has 18 heavy (non-hydrogen) atoms. The number of nitriles is 1. The van der Waals surface area contributed by atoms with Crippen LogP contribution in [0.3, 0.4) is 0 Å². The molecule has 1 aliphatic rings. The third kappa shape index (κ3) is 2.81. The van der Waals surface area contributed by atoms with Crippen molar-refractivity contribution in [3.8, 4) is 6.07 Å². The summed E-state index contributed by atoms with van der Waals surface area (Å²) in [7, 11) is 0. The Hall–Kier alpha value is -2.45. The highest BCUT2D eigenvalue weighted by Gasteiger charge is 2.11. The second-order valence-electron chi connectivity index (χ2n) is 3.44. The van der Waals surface area contributed by atoms with Gasteiger partial charge in [-0.3, -0.25) is 0 Å². The number of rotatable bonds is 2. The molecule has 4 nitrogen and oxygen atoms in total. The molecule has 0 saturated carbocycles. The predicted molar refractivity (Wildman–Crippen MR) is 76.1 cm³/mol. The predicted octanol–water partition coefficient (Wildman–Crippen LogP) is 2.35. The van der Waals surface area contributed by atoms with Crippen LogP contribution >= 0.6 is 12.2 Å². The van der Waals surface area contributed by atoms with Gasteiger partial charge in [-0.2, -0.15) is 5.26 Å². The number of para-hydroxylation sites is 1. The minimum Gasteiger partial charge on any atom is -0.345 e. The summed E-state index contributed by atoms with van der Waals surface area (Å²) in [6.45, 7) is 0. The van der Waals surface area contributed by atoms with E-state index in [-0.39, 0.29) is 0 Å². The SMILES string of the molecule is N#C/C(C(=S)Nc1ccccc1)=C1\N=CC=CN1. The molecule has 0 radical (unpaired) electrons. The highest BCUT2D eigenvalue weighted by atomic mass is 32.1. The van der Waals surface area contributed by atoms with Gasteiger partial charge >= 0.3 is 0 Å². The van der Waals surface area contributed by atoms with Gasteiger partial charge in [0.25, 0.3) is 0 Å². The van der Waals surface area contributed by atoms with Crippen molar-refractivity contribution < 1.29 is 0 Å². The first-order valence-electron chi connectivity index (χ1n) is 5.28. The van der Waals surface area contributed by atoms with E-state index in [2.05, 4.69) is 21.7 Å². The van der Waals surface area contributed by atoms with E-state index in [4.69, 9.17) is 17.5 Å². The van der Waals surface area contributed by atoms with E-state index in [0.29, 0.717) is 16.4 Å². The van der Waals surface area contributed by atoms with Crippen molar-refractivity contribution in [2.24, 2.45) is 4.99 Å². The Kier molecular flexibility index (Phi) is 3.84. The van der Waals surface area contributed by atoms with Gasteiger partial charge in [0.1, 0.15) is 16.6 Å². The summed E-state index contributed by atoms with van der Waals surface area (Å²) in [4.78, 5) is 4.42. The molecule has 2 rings (SSSR count). The molecule has 0 aromatic heterocycles. The first-order chi connectivity index (χ1) is 8.81. The number of nitrogens with zero attached hydrogens (tertiary/aromatic N) is 2. The van der Waals surface area contributed by atoms with Crippen LogP contribution in [0.2, 0.25) is 0 Å².